The molecule has 1 atom stereocenters. The molecule has 0 aliphatic carbocycles. The summed E-state index contributed by atoms with van der Waals surface area (Å²) in [6.07, 6.45) is 0. The monoisotopic (exact) mass is 377 g/mol. The molecule has 0 aliphatic heterocycles. The maximum atomic E-state index is 12.8. The number of nitrogens with one attached hydrogen (secondary N) is 1. The maximum absolute atomic E-state index is 12.8. The van der Waals surface area contributed by atoms with Crippen LogP contribution in [0.15, 0.2) is 64.0 Å². The minimum Gasteiger partial charge on any atom is -0.360 e. The number of carbonyl (C=O) groups is 1. The lowest BCUT2D eigenvalue weighted by Gasteiger charge is -2.16. The van der Waals surface area contributed by atoms with Crippen LogP contribution in [-0.4, -0.2) is 11.1 Å². The second-order valence-corrected chi connectivity index (χ2v) is 7.17. The highest BCUT2D eigenvalue weighted by Gasteiger charge is 2.15. The van der Waals surface area contributed by atoms with E-state index in [-0.39, 0.29) is 11.9 Å². The Balaban J connectivity index is 1.69. The van der Waals surface area contributed by atoms with E-state index in [4.69, 9.17) is 9.78 Å². The number of thioether (sulfide) groups is 1. The molecule has 1 heterocycles. The Morgan fingerprint density at radius 2 is 2.00 bits per heavy atom. The maximum Gasteiger partial charge on any atom is 0.252 e. The normalized spacial score (nSPS) is 11.6. The molecule has 136 valence electrons. The summed E-state index contributed by atoms with van der Waals surface area (Å²) in [5.74, 6) is 1.25. The van der Waals surface area contributed by atoms with E-state index in [9.17, 15) is 4.79 Å². The van der Waals surface area contributed by atoms with Crippen molar-refractivity contribution < 1.29 is 9.32 Å². The summed E-state index contributed by atoms with van der Waals surface area (Å²) in [5.41, 5.74) is 3.01. The van der Waals surface area contributed by atoms with Gasteiger partial charge in [0.1, 0.15) is 5.76 Å². The van der Waals surface area contributed by atoms with Gasteiger partial charge in [-0.15, -0.1) is 11.8 Å². The van der Waals surface area contributed by atoms with E-state index < -0.39 is 0 Å². The molecule has 1 N–H and O–H groups in total. The minimum absolute atomic E-state index is 0.135. The standard InChI is InChI=1S/C21H19N3O2S/c1-14-11-18(26-24-14)13-27-20-6-4-3-5-19(20)21(25)23-15(2)17-9-7-16(12-22)8-10-17/h3-11,15H,13H2,1-2H3,(H,23,25). The average Bonchev–Trinajstić information content (AvgIpc) is 3.11. The third kappa shape index (κ3) is 4.78. The van der Waals surface area contributed by atoms with Crippen LogP contribution >= 0.6 is 11.8 Å². The van der Waals surface area contributed by atoms with Crippen LogP contribution in [0.25, 0.3) is 0 Å². The van der Waals surface area contributed by atoms with Crippen molar-refractivity contribution in [3.63, 3.8) is 0 Å². The van der Waals surface area contributed by atoms with Crippen molar-refractivity contribution in [1.29, 1.82) is 5.26 Å². The van der Waals surface area contributed by atoms with Crippen LogP contribution in [0.4, 0.5) is 0 Å². The molecule has 27 heavy (non-hydrogen) atoms. The van der Waals surface area contributed by atoms with E-state index in [1.807, 2.05) is 56.3 Å². The van der Waals surface area contributed by atoms with Crippen molar-refractivity contribution in [2.24, 2.45) is 0 Å². The van der Waals surface area contributed by atoms with Crippen molar-refractivity contribution in [3.05, 3.63) is 82.7 Å². The summed E-state index contributed by atoms with van der Waals surface area (Å²) >= 11 is 1.54. The molecule has 3 rings (SSSR count). The fourth-order valence-electron chi connectivity index (χ4n) is 2.62. The quantitative estimate of drug-likeness (QED) is 0.633. The Bertz CT molecular complexity index is 974. The number of hydrogen-bond donors (Lipinski definition) is 1. The number of aryl methyl sites for hydroxylation is 1. The number of aromatic nitrogens is 1. The highest BCUT2D eigenvalue weighted by molar-refractivity contribution is 7.98. The molecule has 0 fully saturated rings. The predicted octanol–water partition coefficient (Wildman–Crippen LogP) is 4.64. The predicted molar refractivity (Wildman–Crippen MR) is 104 cm³/mol. The van der Waals surface area contributed by atoms with Crippen LogP contribution in [0, 0.1) is 18.3 Å². The molecule has 0 saturated carbocycles. The molecule has 1 amide bonds. The first-order valence-corrected chi connectivity index (χ1v) is 9.50. The molecule has 0 radical (unpaired) electrons. The largest absolute Gasteiger partial charge is 0.360 e. The molecule has 0 bridgehead atoms. The van der Waals surface area contributed by atoms with E-state index in [1.165, 1.54) is 11.8 Å². The summed E-state index contributed by atoms with van der Waals surface area (Å²) < 4.78 is 5.23. The SMILES string of the molecule is Cc1cc(CSc2ccccc2C(=O)NC(C)c2ccc(C#N)cc2)on1. The second kappa shape index (κ2) is 8.56. The van der Waals surface area contributed by atoms with E-state index >= 15 is 0 Å². The lowest BCUT2D eigenvalue weighted by atomic mass is 10.1. The van der Waals surface area contributed by atoms with Gasteiger partial charge >= 0.3 is 0 Å². The number of amides is 1. The number of nitriles is 1. The first kappa shape index (κ1) is 18.7. The Morgan fingerprint density at radius 1 is 1.26 bits per heavy atom. The Kier molecular flexibility index (Phi) is 5.94. The molecule has 2 aromatic carbocycles. The number of hydrogen-bond acceptors (Lipinski definition) is 5. The lowest BCUT2D eigenvalue weighted by molar-refractivity contribution is 0.0937. The molecular formula is C21H19N3O2S. The molecular weight excluding hydrogens is 358 g/mol. The van der Waals surface area contributed by atoms with Gasteiger partial charge in [0.05, 0.1) is 34.7 Å². The van der Waals surface area contributed by atoms with Crippen LogP contribution in [0.3, 0.4) is 0 Å². The lowest BCUT2D eigenvalue weighted by Crippen LogP contribution is -2.27. The molecule has 3 aromatic rings. The number of rotatable bonds is 6. The third-order valence-electron chi connectivity index (χ3n) is 4.07. The van der Waals surface area contributed by atoms with Gasteiger partial charge in [-0.1, -0.05) is 29.4 Å². The van der Waals surface area contributed by atoms with Gasteiger partial charge in [-0.05, 0) is 43.7 Å². The zero-order chi connectivity index (χ0) is 19.2. The summed E-state index contributed by atoms with van der Waals surface area (Å²) in [5, 5.41) is 15.8. The van der Waals surface area contributed by atoms with Crippen LogP contribution in [0.2, 0.25) is 0 Å². The Labute approximate surface area is 162 Å². The zero-order valence-electron chi connectivity index (χ0n) is 15.1. The number of nitrogens with zero attached hydrogens (tertiary/aromatic N) is 2. The number of carbonyl (C=O) groups excluding carboxylic acids is 1. The molecule has 6 heteroatoms. The third-order valence-corrected chi connectivity index (χ3v) is 5.16. The van der Waals surface area contributed by atoms with Crippen molar-refractivity contribution in [3.8, 4) is 6.07 Å². The molecule has 0 spiro atoms. The van der Waals surface area contributed by atoms with E-state index in [2.05, 4.69) is 16.5 Å². The van der Waals surface area contributed by atoms with Gasteiger partial charge in [-0.25, -0.2) is 0 Å². The minimum atomic E-state index is -0.166. The first-order chi connectivity index (χ1) is 13.1. The van der Waals surface area contributed by atoms with Gasteiger partial charge < -0.3 is 9.84 Å². The van der Waals surface area contributed by atoms with E-state index in [0.717, 1.165) is 21.9 Å². The van der Waals surface area contributed by atoms with Crippen LogP contribution in [0.1, 0.15) is 45.9 Å². The topological polar surface area (TPSA) is 78.9 Å². The van der Waals surface area contributed by atoms with Crippen LogP contribution in [-0.2, 0) is 5.75 Å². The van der Waals surface area contributed by atoms with Crippen LogP contribution < -0.4 is 5.32 Å². The van der Waals surface area contributed by atoms with Crippen molar-refractivity contribution in [2.75, 3.05) is 0 Å². The Hall–Kier alpha value is -3.04. The van der Waals surface area contributed by atoms with Gasteiger partial charge in [-0.2, -0.15) is 5.26 Å². The van der Waals surface area contributed by atoms with Crippen LogP contribution in [0.5, 0.6) is 0 Å². The smallest absolute Gasteiger partial charge is 0.252 e. The number of benzene rings is 2. The summed E-state index contributed by atoms with van der Waals surface area (Å²) in [4.78, 5) is 13.7. The zero-order valence-corrected chi connectivity index (χ0v) is 15.9. The van der Waals surface area contributed by atoms with Crippen molar-refractivity contribution >= 4 is 17.7 Å². The summed E-state index contributed by atoms with van der Waals surface area (Å²) in [7, 11) is 0. The first-order valence-electron chi connectivity index (χ1n) is 8.52. The summed E-state index contributed by atoms with van der Waals surface area (Å²) in [6, 6.07) is 18.5. The van der Waals surface area contributed by atoms with Gasteiger partial charge in [-0.3, -0.25) is 4.79 Å². The highest BCUT2D eigenvalue weighted by atomic mass is 32.2. The second-order valence-electron chi connectivity index (χ2n) is 6.15. The molecule has 0 saturated heterocycles. The van der Waals surface area contributed by atoms with E-state index in [1.54, 1.807) is 12.1 Å². The molecule has 1 aromatic heterocycles. The fourth-order valence-corrected chi connectivity index (χ4v) is 3.54. The van der Waals surface area contributed by atoms with Gasteiger partial charge in [0, 0.05) is 11.0 Å². The fraction of sp³-hybridized carbons (Fsp3) is 0.190. The van der Waals surface area contributed by atoms with Crippen molar-refractivity contribution in [1.82, 2.24) is 10.5 Å². The molecule has 0 aliphatic rings. The summed E-state index contributed by atoms with van der Waals surface area (Å²) in [6.45, 7) is 3.80. The van der Waals surface area contributed by atoms with Gasteiger partial charge in [0.15, 0.2) is 0 Å². The highest BCUT2D eigenvalue weighted by Crippen LogP contribution is 2.27. The van der Waals surface area contributed by atoms with Crippen molar-refractivity contribution in [2.45, 2.75) is 30.5 Å². The average molecular weight is 377 g/mol. The van der Waals surface area contributed by atoms with Gasteiger partial charge in [0.2, 0.25) is 0 Å². The molecule has 1 unspecified atom stereocenters. The Morgan fingerprint density at radius 3 is 2.67 bits per heavy atom. The molecule has 5 nitrogen and oxygen atoms in total. The van der Waals surface area contributed by atoms with Gasteiger partial charge in [0.25, 0.3) is 5.91 Å². The van der Waals surface area contributed by atoms with E-state index in [0.29, 0.717) is 16.9 Å².